The van der Waals surface area contributed by atoms with Crippen LogP contribution in [0, 0.1) is 22.7 Å². The molecular formula is C27H50N6O7S3. The second kappa shape index (κ2) is 15.4. The van der Waals surface area contributed by atoms with E-state index in [2.05, 4.69) is 43.0 Å². The number of hydrogen-bond acceptors (Lipinski definition) is 9. The molecule has 2 aliphatic rings. The van der Waals surface area contributed by atoms with Crippen molar-refractivity contribution < 1.29 is 29.4 Å². The third kappa shape index (κ3) is 15.1. The first-order valence-corrected chi connectivity index (χ1v) is 19.5. The van der Waals surface area contributed by atoms with Gasteiger partial charge in [-0.25, -0.2) is 27.1 Å². The molecule has 0 spiro atoms. The van der Waals surface area contributed by atoms with E-state index in [1.807, 2.05) is 0 Å². The third-order valence-electron chi connectivity index (χ3n) is 7.93. The van der Waals surface area contributed by atoms with Crippen molar-refractivity contribution in [2.24, 2.45) is 32.9 Å². The minimum atomic E-state index is -3.62. The van der Waals surface area contributed by atoms with Gasteiger partial charge >= 0.3 is 0 Å². The summed E-state index contributed by atoms with van der Waals surface area (Å²) < 4.78 is 70.9. The van der Waals surface area contributed by atoms with Crippen molar-refractivity contribution in [1.82, 2.24) is 20.0 Å². The maximum absolute atomic E-state index is 11.1. The van der Waals surface area contributed by atoms with Gasteiger partial charge in [-0.3, -0.25) is 14.0 Å². The van der Waals surface area contributed by atoms with Gasteiger partial charge in [0.1, 0.15) is 9.79 Å². The average Bonchev–Trinajstić information content (AvgIpc) is 3.64. The van der Waals surface area contributed by atoms with Gasteiger partial charge in [-0.1, -0.05) is 27.7 Å². The summed E-state index contributed by atoms with van der Waals surface area (Å²) >= 11 is 0. The molecule has 13 nitrogen and oxygen atoms in total. The Labute approximate surface area is 257 Å². The molecule has 0 aromatic carbocycles. The topological polar surface area (TPSA) is 210 Å². The summed E-state index contributed by atoms with van der Waals surface area (Å²) in [5.41, 5.74) is 0.986. The van der Waals surface area contributed by atoms with Crippen LogP contribution in [0.1, 0.15) is 91.9 Å². The Bertz CT molecular complexity index is 1450. The highest BCUT2D eigenvalue weighted by molar-refractivity contribution is 7.89. The monoisotopic (exact) mass is 666 g/mol. The molecule has 2 heterocycles. The minimum Gasteiger partial charge on any atom is -0.284 e. The van der Waals surface area contributed by atoms with Crippen molar-refractivity contribution in [3.05, 3.63) is 24.8 Å². The van der Waals surface area contributed by atoms with E-state index in [1.54, 1.807) is 4.68 Å². The van der Waals surface area contributed by atoms with Gasteiger partial charge in [0.15, 0.2) is 0 Å². The number of hydrogen-bond donors (Lipinski definition) is 3. The summed E-state index contributed by atoms with van der Waals surface area (Å²) in [6.45, 7) is 10.4. The first-order chi connectivity index (χ1) is 19.7. The number of primary sulfonamides is 2. The van der Waals surface area contributed by atoms with Crippen LogP contribution in [0.15, 0.2) is 34.6 Å². The minimum absolute atomic E-state index is 0.00231. The van der Waals surface area contributed by atoms with Gasteiger partial charge < -0.3 is 0 Å². The van der Waals surface area contributed by atoms with E-state index in [0.29, 0.717) is 17.4 Å². The Balaban J connectivity index is 0.000000240. The number of H-pyrrole nitrogens is 1. The number of nitrogens with two attached hydrogens (primary N) is 2. The molecule has 16 heteroatoms. The fourth-order valence-corrected chi connectivity index (χ4v) is 7.09. The fourth-order valence-electron chi connectivity index (χ4n) is 5.79. The molecule has 2 saturated carbocycles. The lowest BCUT2D eigenvalue weighted by Gasteiger charge is -2.16. The molecule has 248 valence electrons. The van der Waals surface area contributed by atoms with Crippen molar-refractivity contribution >= 4 is 30.2 Å². The maximum atomic E-state index is 11.1. The Kier molecular flexibility index (Phi) is 13.4. The van der Waals surface area contributed by atoms with E-state index in [4.69, 9.17) is 14.5 Å². The molecule has 0 amide bonds. The largest absolute Gasteiger partial charge is 0.284 e. The van der Waals surface area contributed by atoms with Gasteiger partial charge in [0.2, 0.25) is 20.0 Å². The lowest BCUT2D eigenvalue weighted by molar-refractivity contribution is 0.290. The Morgan fingerprint density at radius 3 is 1.79 bits per heavy atom. The second-order valence-electron chi connectivity index (χ2n) is 13.3. The molecule has 2 aliphatic carbocycles. The van der Waals surface area contributed by atoms with Crippen molar-refractivity contribution in [3.63, 3.8) is 0 Å². The molecule has 43 heavy (non-hydrogen) atoms. The Hall–Kier alpha value is -1.85. The van der Waals surface area contributed by atoms with Crippen LogP contribution in [0.5, 0.6) is 0 Å². The summed E-state index contributed by atoms with van der Waals surface area (Å²) in [5, 5.41) is 19.5. The summed E-state index contributed by atoms with van der Waals surface area (Å²) in [5.74, 6) is 1.58. The van der Waals surface area contributed by atoms with Crippen LogP contribution in [0.4, 0.5) is 0 Å². The van der Waals surface area contributed by atoms with Crippen LogP contribution in [0.2, 0.25) is 0 Å². The highest BCUT2D eigenvalue weighted by atomic mass is 32.2. The number of rotatable bonds is 11. The van der Waals surface area contributed by atoms with Gasteiger partial charge in [-0.05, 0) is 86.9 Å². The number of aromatic amines is 1. The van der Waals surface area contributed by atoms with Crippen molar-refractivity contribution in [2.75, 3.05) is 12.9 Å². The predicted octanol–water partition coefficient (Wildman–Crippen LogP) is 3.76. The van der Waals surface area contributed by atoms with Gasteiger partial charge in [-0.2, -0.15) is 18.6 Å². The zero-order chi connectivity index (χ0) is 32.5. The molecule has 5 N–H and O–H groups in total. The Morgan fingerprint density at radius 2 is 1.42 bits per heavy atom. The first-order valence-electron chi connectivity index (χ1n) is 14.6. The van der Waals surface area contributed by atoms with E-state index in [1.165, 1.54) is 63.5 Å². The van der Waals surface area contributed by atoms with E-state index >= 15 is 0 Å². The molecule has 2 aromatic heterocycles. The van der Waals surface area contributed by atoms with Gasteiger partial charge in [0.25, 0.3) is 10.1 Å². The molecular weight excluding hydrogens is 617 g/mol. The van der Waals surface area contributed by atoms with Crippen molar-refractivity contribution in [2.45, 2.75) is 108 Å². The van der Waals surface area contributed by atoms with Crippen LogP contribution in [-0.2, 0) is 40.9 Å². The Morgan fingerprint density at radius 1 is 0.884 bits per heavy atom. The van der Waals surface area contributed by atoms with Crippen LogP contribution >= 0.6 is 0 Å². The molecule has 0 radical (unpaired) electrons. The molecule has 2 unspecified atom stereocenters. The van der Waals surface area contributed by atoms with Gasteiger partial charge in [0.05, 0.1) is 25.3 Å². The summed E-state index contributed by atoms with van der Waals surface area (Å²) in [6.07, 6.45) is 18.2. The summed E-state index contributed by atoms with van der Waals surface area (Å²) in [4.78, 5) is 0.0944. The standard InChI is InChI=1S/C13H23N3O2S.C11H22O3S.C3H5N3O2S/c1-13(2)6-5-11(8-13)4-3-7-16-10-12(9-15-16)19(14,17)18;1-11(2)7-6-10(9-11)5-4-8-14-15(3,12)13;4-9(7,8)3-1-5-6-2-3/h9-11H,3-8H2,1-2H3,(H2,14,17,18);10H,4-9H2,1-3H3;1-2H,(H,5,6)(H2,4,7,8). The number of aryl methyl sites for hydroxylation is 1. The molecule has 2 fully saturated rings. The van der Waals surface area contributed by atoms with Crippen LogP contribution in [0.25, 0.3) is 0 Å². The predicted molar refractivity (Wildman–Crippen MR) is 165 cm³/mol. The fraction of sp³-hybridized carbons (Fsp3) is 0.778. The van der Waals surface area contributed by atoms with E-state index in [0.717, 1.165) is 50.1 Å². The quantitative estimate of drug-likeness (QED) is 0.235. The van der Waals surface area contributed by atoms with E-state index in [9.17, 15) is 25.3 Å². The van der Waals surface area contributed by atoms with Crippen LogP contribution in [0.3, 0.4) is 0 Å². The van der Waals surface area contributed by atoms with Crippen molar-refractivity contribution in [1.29, 1.82) is 0 Å². The SMILES string of the molecule is CC1(C)CCC(CCCOS(C)(=O)=O)C1.CC1(C)CCC(CCCn2cc(S(N)(=O)=O)cn2)C1.NS(=O)(=O)c1cn[nH]c1. The number of aromatic nitrogens is 4. The number of nitrogens with one attached hydrogen (secondary N) is 1. The third-order valence-corrected chi connectivity index (χ3v) is 10.3. The molecule has 2 aromatic rings. The summed E-state index contributed by atoms with van der Waals surface area (Å²) in [7, 11) is -10.4. The van der Waals surface area contributed by atoms with Gasteiger partial charge in [-0.15, -0.1) is 0 Å². The molecule has 0 saturated heterocycles. The first kappa shape index (κ1) is 37.3. The second-order valence-corrected chi connectivity index (χ2v) is 18.1. The van der Waals surface area contributed by atoms with Crippen molar-refractivity contribution in [3.8, 4) is 0 Å². The molecule has 0 bridgehead atoms. The zero-order valence-corrected chi connectivity index (χ0v) is 28.5. The summed E-state index contributed by atoms with van der Waals surface area (Å²) in [6, 6.07) is 0. The average molecular weight is 667 g/mol. The van der Waals surface area contributed by atoms with Crippen LogP contribution in [-0.4, -0.2) is 58.1 Å². The smallest absolute Gasteiger partial charge is 0.264 e. The molecule has 2 atom stereocenters. The lowest BCUT2D eigenvalue weighted by Crippen LogP contribution is -2.11. The van der Waals surface area contributed by atoms with E-state index in [-0.39, 0.29) is 9.79 Å². The van der Waals surface area contributed by atoms with Crippen LogP contribution < -0.4 is 10.3 Å². The maximum Gasteiger partial charge on any atom is 0.264 e. The highest BCUT2D eigenvalue weighted by Gasteiger charge is 2.31. The molecule has 4 rings (SSSR count). The number of sulfonamides is 2. The zero-order valence-electron chi connectivity index (χ0n) is 26.0. The highest BCUT2D eigenvalue weighted by Crippen LogP contribution is 2.43. The number of nitrogens with zero attached hydrogens (tertiary/aromatic N) is 3. The van der Waals surface area contributed by atoms with Gasteiger partial charge in [0, 0.05) is 18.9 Å². The normalized spacial score (nSPS) is 21.5. The van der Waals surface area contributed by atoms with E-state index < -0.39 is 30.2 Å². The lowest BCUT2D eigenvalue weighted by atomic mass is 9.89. The molecule has 0 aliphatic heterocycles.